The fourth-order valence-corrected chi connectivity index (χ4v) is 3.22. The maximum absolute atomic E-state index is 12.0. The van der Waals surface area contributed by atoms with Gasteiger partial charge in [-0.25, -0.2) is 4.79 Å². The van der Waals surface area contributed by atoms with Gasteiger partial charge in [-0.2, -0.15) is 4.98 Å². The molecule has 0 amide bonds. The van der Waals surface area contributed by atoms with Crippen LogP contribution in [0, 0.1) is 0 Å². The van der Waals surface area contributed by atoms with Crippen LogP contribution in [0.25, 0.3) is 0 Å². The van der Waals surface area contributed by atoms with Crippen molar-refractivity contribution in [3.05, 3.63) is 22.7 Å². The lowest BCUT2D eigenvalue weighted by Gasteiger charge is -2.41. The van der Waals surface area contributed by atoms with E-state index in [4.69, 9.17) is 19.9 Å². The molecule has 0 saturated carbocycles. The van der Waals surface area contributed by atoms with E-state index >= 15 is 0 Å². The standard InChI is InChI=1S/C15H23N3O10/c16-7-1-2-18(15(25)17-7)13-11(24)12(6(4-20)26-13)28-14-10(23)9(22)8(21)5(3-19)27-14/h1-2,5-6,8-14,19-24H,3-4H2,(H2,16,17,25). The molecule has 2 fully saturated rings. The molecule has 2 aliphatic heterocycles. The first kappa shape index (κ1) is 21.0. The summed E-state index contributed by atoms with van der Waals surface area (Å²) in [4.78, 5) is 15.5. The van der Waals surface area contributed by atoms with Crippen LogP contribution in [0.5, 0.6) is 0 Å². The van der Waals surface area contributed by atoms with Gasteiger partial charge in [0.25, 0.3) is 0 Å². The number of aromatic nitrogens is 2. The van der Waals surface area contributed by atoms with Gasteiger partial charge < -0.3 is 50.6 Å². The quantitative estimate of drug-likeness (QED) is 0.246. The molecule has 13 heteroatoms. The van der Waals surface area contributed by atoms with E-state index < -0.39 is 74.1 Å². The van der Waals surface area contributed by atoms with Crippen molar-refractivity contribution in [1.29, 1.82) is 0 Å². The number of hydrogen-bond donors (Lipinski definition) is 7. The third-order valence-electron chi connectivity index (χ3n) is 4.75. The second-order valence-corrected chi connectivity index (χ2v) is 6.58. The number of anilines is 1. The van der Waals surface area contributed by atoms with Gasteiger partial charge in [-0.3, -0.25) is 4.57 Å². The van der Waals surface area contributed by atoms with Crippen LogP contribution in [0.3, 0.4) is 0 Å². The molecule has 0 bridgehead atoms. The van der Waals surface area contributed by atoms with Crippen LogP contribution in [0.4, 0.5) is 5.82 Å². The highest BCUT2D eigenvalue weighted by Gasteiger charge is 2.50. The highest BCUT2D eigenvalue weighted by atomic mass is 16.7. The van der Waals surface area contributed by atoms with Crippen LogP contribution in [0.1, 0.15) is 6.23 Å². The van der Waals surface area contributed by atoms with Crippen molar-refractivity contribution < 1.29 is 44.8 Å². The zero-order chi connectivity index (χ0) is 20.6. The van der Waals surface area contributed by atoms with Gasteiger partial charge in [0.05, 0.1) is 13.2 Å². The van der Waals surface area contributed by atoms with E-state index in [0.717, 1.165) is 4.57 Å². The molecule has 2 saturated heterocycles. The Balaban J connectivity index is 1.80. The van der Waals surface area contributed by atoms with Gasteiger partial charge in [-0.1, -0.05) is 0 Å². The Bertz CT molecular complexity index is 730. The van der Waals surface area contributed by atoms with E-state index in [9.17, 15) is 35.4 Å². The molecule has 3 rings (SSSR count). The maximum atomic E-state index is 12.0. The topological polar surface area (TPSA) is 210 Å². The van der Waals surface area contributed by atoms with E-state index in [1.165, 1.54) is 12.3 Å². The summed E-state index contributed by atoms with van der Waals surface area (Å²) in [5, 5.41) is 59.1. The zero-order valence-electron chi connectivity index (χ0n) is 14.6. The molecule has 2 aliphatic rings. The molecule has 9 atom stereocenters. The summed E-state index contributed by atoms with van der Waals surface area (Å²) < 4.78 is 17.2. The first-order valence-corrected chi connectivity index (χ1v) is 8.53. The Morgan fingerprint density at radius 2 is 1.71 bits per heavy atom. The molecular formula is C15H23N3O10. The van der Waals surface area contributed by atoms with E-state index in [-0.39, 0.29) is 5.82 Å². The van der Waals surface area contributed by atoms with Gasteiger partial charge in [0.15, 0.2) is 12.5 Å². The molecule has 1 aromatic heterocycles. The van der Waals surface area contributed by atoms with E-state index in [2.05, 4.69) is 4.98 Å². The minimum Gasteiger partial charge on any atom is -0.394 e. The summed E-state index contributed by atoms with van der Waals surface area (Å²) in [6.07, 6.45) is -11.6. The number of aliphatic hydroxyl groups is 6. The van der Waals surface area contributed by atoms with E-state index in [1.54, 1.807) is 0 Å². The predicted octanol–water partition coefficient (Wildman–Crippen LogP) is -4.74. The molecule has 28 heavy (non-hydrogen) atoms. The number of ether oxygens (including phenoxy) is 3. The first-order chi connectivity index (χ1) is 13.3. The van der Waals surface area contributed by atoms with Gasteiger partial charge in [0.1, 0.15) is 48.5 Å². The summed E-state index contributed by atoms with van der Waals surface area (Å²) in [5.74, 6) is -0.0263. The summed E-state index contributed by atoms with van der Waals surface area (Å²) >= 11 is 0. The van der Waals surface area contributed by atoms with Gasteiger partial charge in [0, 0.05) is 6.20 Å². The Morgan fingerprint density at radius 3 is 2.32 bits per heavy atom. The van der Waals surface area contributed by atoms with Gasteiger partial charge in [0.2, 0.25) is 0 Å². The molecule has 0 spiro atoms. The molecule has 3 heterocycles. The first-order valence-electron chi connectivity index (χ1n) is 8.53. The number of hydrogen-bond acceptors (Lipinski definition) is 12. The highest BCUT2D eigenvalue weighted by molar-refractivity contribution is 5.23. The monoisotopic (exact) mass is 405 g/mol. The van der Waals surface area contributed by atoms with Crippen molar-refractivity contribution >= 4 is 5.82 Å². The number of nitrogens with zero attached hydrogens (tertiary/aromatic N) is 2. The molecule has 8 N–H and O–H groups in total. The normalized spacial score (nSPS) is 41.3. The lowest BCUT2D eigenvalue weighted by molar-refractivity contribution is -0.318. The highest BCUT2D eigenvalue weighted by Crippen LogP contribution is 2.33. The van der Waals surface area contributed by atoms with Crippen molar-refractivity contribution in [1.82, 2.24) is 9.55 Å². The Kier molecular flexibility index (Phi) is 6.28. The second-order valence-electron chi connectivity index (χ2n) is 6.58. The van der Waals surface area contributed by atoms with Crippen LogP contribution in [-0.2, 0) is 14.2 Å². The van der Waals surface area contributed by atoms with Crippen LogP contribution < -0.4 is 11.4 Å². The third kappa shape index (κ3) is 3.76. The number of nitrogens with two attached hydrogens (primary N) is 1. The lowest BCUT2D eigenvalue weighted by Crippen LogP contribution is -2.60. The third-order valence-corrected chi connectivity index (χ3v) is 4.75. The molecule has 1 aromatic rings. The van der Waals surface area contributed by atoms with Crippen LogP contribution >= 0.6 is 0 Å². The van der Waals surface area contributed by atoms with Crippen LogP contribution in [-0.4, -0.2) is 102 Å². The Hall–Kier alpha value is -1.68. The zero-order valence-corrected chi connectivity index (χ0v) is 14.6. The molecule has 13 nitrogen and oxygen atoms in total. The number of rotatable bonds is 5. The van der Waals surface area contributed by atoms with Crippen molar-refractivity contribution in [3.63, 3.8) is 0 Å². The van der Waals surface area contributed by atoms with Crippen molar-refractivity contribution in [2.45, 2.75) is 55.2 Å². The summed E-state index contributed by atoms with van der Waals surface area (Å²) in [7, 11) is 0. The summed E-state index contributed by atoms with van der Waals surface area (Å²) in [6, 6.07) is 1.32. The molecular weight excluding hydrogens is 382 g/mol. The van der Waals surface area contributed by atoms with Crippen molar-refractivity contribution in [3.8, 4) is 0 Å². The molecule has 0 radical (unpaired) electrons. The van der Waals surface area contributed by atoms with Crippen LogP contribution in [0.15, 0.2) is 17.1 Å². The van der Waals surface area contributed by atoms with E-state index in [0.29, 0.717) is 0 Å². The Morgan fingerprint density at radius 1 is 1.04 bits per heavy atom. The second kappa shape index (κ2) is 8.36. The maximum Gasteiger partial charge on any atom is 0.351 e. The average Bonchev–Trinajstić information content (AvgIpc) is 2.98. The van der Waals surface area contributed by atoms with Crippen LogP contribution in [0.2, 0.25) is 0 Å². The van der Waals surface area contributed by atoms with E-state index in [1.807, 2.05) is 0 Å². The fourth-order valence-electron chi connectivity index (χ4n) is 3.22. The molecule has 158 valence electrons. The average molecular weight is 405 g/mol. The minimum absolute atomic E-state index is 0.0263. The fraction of sp³-hybridized carbons (Fsp3) is 0.733. The molecule has 0 aliphatic carbocycles. The lowest BCUT2D eigenvalue weighted by atomic mass is 9.99. The molecule has 0 aromatic carbocycles. The van der Waals surface area contributed by atoms with Gasteiger partial charge in [-0.15, -0.1) is 0 Å². The molecule has 9 unspecified atom stereocenters. The largest absolute Gasteiger partial charge is 0.394 e. The van der Waals surface area contributed by atoms with Gasteiger partial charge >= 0.3 is 5.69 Å². The van der Waals surface area contributed by atoms with Crippen molar-refractivity contribution in [2.24, 2.45) is 0 Å². The smallest absolute Gasteiger partial charge is 0.351 e. The minimum atomic E-state index is -1.70. The van der Waals surface area contributed by atoms with Gasteiger partial charge in [-0.05, 0) is 6.07 Å². The predicted molar refractivity (Wildman–Crippen MR) is 88.6 cm³/mol. The number of nitrogen functional groups attached to an aromatic ring is 1. The summed E-state index contributed by atoms with van der Waals surface area (Å²) in [5.41, 5.74) is 4.63. The SMILES string of the molecule is Nc1ccn(C2OC(CO)C(OC3OC(CO)C(O)C(O)C3O)C2O)c(=O)n1. The van der Waals surface area contributed by atoms with Crippen molar-refractivity contribution in [2.75, 3.05) is 18.9 Å². The summed E-state index contributed by atoms with van der Waals surface area (Å²) in [6.45, 7) is -1.26. The Labute approximate surface area is 158 Å². The number of aliphatic hydroxyl groups excluding tert-OH is 6.